The van der Waals surface area contributed by atoms with E-state index < -0.39 is 5.41 Å². The number of Topliss-reactive ketones (excluding diaryl/α,β-unsaturated/α-hetero) is 2. The zero-order chi connectivity index (χ0) is 10.6. The standard InChI is InChI=1S/C11H20O2.La/c1-6-7-8(2)9(12)10(13)11(3,4)5;/h8H,6-7H2,1-5H3;. The van der Waals surface area contributed by atoms with Crippen molar-refractivity contribution in [1.82, 2.24) is 0 Å². The van der Waals surface area contributed by atoms with Crippen LogP contribution in [-0.2, 0) is 9.59 Å². The molecule has 0 aromatic heterocycles. The molecule has 0 heterocycles. The first-order chi connectivity index (χ1) is 5.80. The van der Waals surface area contributed by atoms with E-state index in [1.54, 1.807) is 20.8 Å². The Balaban J connectivity index is 0. The maximum absolute atomic E-state index is 11.5. The SMILES string of the molecule is CCCC(C)C(=O)C(=O)C(C)(C)C.[La]. The van der Waals surface area contributed by atoms with Gasteiger partial charge < -0.3 is 0 Å². The second kappa shape index (κ2) is 6.92. The van der Waals surface area contributed by atoms with Crippen LogP contribution in [0.15, 0.2) is 0 Å². The molecule has 0 aromatic carbocycles. The van der Waals surface area contributed by atoms with Gasteiger partial charge in [-0.3, -0.25) is 9.59 Å². The molecule has 0 aliphatic carbocycles. The summed E-state index contributed by atoms with van der Waals surface area (Å²) in [4.78, 5) is 23.1. The number of carbonyl (C=O) groups is 2. The zero-order valence-corrected chi connectivity index (χ0v) is 13.5. The summed E-state index contributed by atoms with van der Waals surface area (Å²) in [5.74, 6) is -0.570. The van der Waals surface area contributed by atoms with Gasteiger partial charge in [-0.2, -0.15) is 0 Å². The van der Waals surface area contributed by atoms with Gasteiger partial charge in [0.1, 0.15) is 0 Å². The summed E-state index contributed by atoms with van der Waals surface area (Å²) in [5.41, 5.74) is -0.529. The molecular weight excluding hydrogens is 303 g/mol. The van der Waals surface area contributed by atoms with Gasteiger partial charge in [-0.25, -0.2) is 0 Å². The first-order valence-corrected chi connectivity index (χ1v) is 4.89. The third-order valence-electron chi connectivity index (χ3n) is 2.07. The summed E-state index contributed by atoms with van der Waals surface area (Å²) in [6.45, 7) is 9.20. The van der Waals surface area contributed by atoms with Gasteiger partial charge in [-0.05, 0) is 6.42 Å². The molecule has 3 heteroatoms. The minimum atomic E-state index is -0.529. The molecule has 0 bridgehead atoms. The average Bonchev–Trinajstić information content (AvgIpc) is 2.00. The van der Waals surface area contributed by atoms with Crippen LogP contribution in [0.25, 0.3) is 0 Å². The smallest absolute Gasteiger partial charge is 0.203 e. The molecule has 79 valence electrons. The summed E-state index contributed by atoms with van der Waals surface area (Å²) in [6, 6.07) is 0. The van der Waals surface area contributed by atoms with Gasteiger partial charge in [0.25, 0.3) is 0 Å². The van der Waals surface area contributed by atoms with Crippen molar-refractivity contribution in [3.63, 3.8) is 0 Å². The van der Waals surface area contributed by atoms with Crippen LogP contribution >= 0.6 is 0 Å². The van der Waals surface area contributed by atoms with Crippen LogP contribution in [0, 0.1) is 46.9 Å². The third-order valence-corrected chi connectivity index (χ3v) is 2.07. The molecule has 0 N–H and O–H groups in total. The summed E-state index contributed by atoms with van der Waals surface area (Å²) >= 11 is 0. The van der Waals surface area contributed by atoms with Crippen LogP contribution < -0.4 is 0 Å². The number of rotatable bonds is 4. The van der Waals surface area contributed by atoms with Gasteiger partial charge in [-0.1, -0.05) is 41.0 Å². The fraction of sp³-hybridized carbons (Fsp3) is 0.818. The van der Waals surface area contributed by atoms with E-state index >= 15 is 0 Å². The molecule has 1 radical (unpaired) electrons. The Kier molecular flexibility index (Phi) is 8.37. The molecule has 0 aromatic rings. The fourth-order valence-electron chi connectivity index (χ4n) is 1.16. The van der Waals surface area contributed by atoms with E-state index in [1.807, 2.05) is 13.8 Å². The van der Waals surface area contributed by atoms with E-state index in [4.69, 9.17) is 0 Å². The fourth-order valence-corrected chi connectivity index (χ4v) is 1.16. The molecule has 0 saturated carbocycles. The summed E-state index contributed by atoms with van der Waals surface area (Å²) < 4.78 is 0. The monoisotopic (exact) mass is 323 g/mol. The van der Waals surface area contributed by atoms with Crippen LogP contribution in [0.3, 0.4) is 0 Å². The maximum Gasteiger partial charge on any atom is 0.203 e. The molecule has 0 spiro atoms. The molecule has 1 atom stereocenters. The Morgan fingerprint density at radius 3 is 1.93 bits per heavy atom. The van der Waals surface area contributed by atoms with Crippen molar-refractivity contribution in [3.05, 3.63) is 0 Å². The first-order valence-electron chi connectivity index (χ1n) is 4.89. The molecule has 14 heavy (non-hydrogen) atoms. The van der Waals surface area contributed by atoms with Gasteiger partial charge >= 0.3 is 0 Å². The second-order valence-electron chi connectivity index (χ2n) is 4.63. The third kappa shape index (κ3) is 5.42. The van der Waals surface area contributed by atoms with Crippen molar-refractivity contribution in [2.75, 3.05) is 0 Å². The van der Waals surface area contributed by atoms with Crippen molar-refractivity contribution in [2.24, 2.45) is 11.3 Å². The maximum atomic E-state index is 11.5. The van der Waals surface area contributed by atoms with E-state index in [0.717, 1.165) is 12.8 Å². The average molecular weight is 323 g/mol. The Labute approximate surface area is 115 Å². The molecule has 0 rings (SSSR count). The summed E-state index contributed by atoms with van der Waals surface area (Å²) in [5, 5.41) is 0. The Hall–Kier alpha value is 0.535. The first kappa shape index (κ1) is 16.9. The summed E-state index contributed by atoms with van der Waals surface area (Å²) in [6.07, 6.45) is 1.75. The molecular formula is C11H20LaO2. The number of carbonyl (C=O) groups excluding carboxylic acids is 2. The number of hydrogen-bond donors (Lipinski definition) is 0. The van der Waals surface area contributed by atoms with E-state index in [1.165, 1.54) is 0 Å². The Bertz CT molecular complexity index is 204. The molecule has 0 aliphatic heterocycles. The van der Waals surface area contributed by atoms with Crippen molar-refractivity contribution >= 4 is 11.6 Å². The summed E-state index contributed by atoms with van der Waals surface area (Å²) in [7, 11) is 0. The quantitative estimate of drug-likeness (QED) is 0.745. The number of hydrogen-bond acceptors (Lipinski definition) is 2. The molecule has 0 amide bonds. The van der Waals surface area contributed by atoms with Gasteiger partial charge in [-0.15, -0.1) is 0 Å². The van der Waals surface area contributed by atoms with E-state index in [-0.39, 0.29) is 53.1 Å². The minimum Gasteiger partial charge on any atom is -0.291 e. The zero-order valence-electron chi connectivity index (χ0n) is 9.89. The molecule has 0 saturated heterocycles. The van der Waals surface area contributed by atoms with Crippen molar-refractivity contribution in [1.29, 1.82) is 0 Å². The Morgan fingerprint density at radius 1 is 1.21 bits per heavy atom. The topological polar surface area (TPSA) is 34.1 Å². The van der Waals surface area contributed by atoms with Crippen molar-refractivity contribution in [3.8, 4) is 0 Å². The normalized spacial score (nSPS) is 12.9. The van der Waals surface area contributed by atoms with Crippen molar-refractivity contribution < 1.29 is 45.2 Å². The largest absolute Gasteiger partial charge is 0.291 e. The van der Waals surface area contributed by atoms with E-state index in [2.05, 4.69) is 0 Å². The molecule has 0 fully saturated rings. The minimum absolute atomic E-state index is 0. The van der Waals surface area contributed by atoms with Gasteiger partial charge in [0, 0.05) is 46.9 Å². The van der Waals surface area contributed by atoms with Crippen LogP contribution in [0.5, 0.6) is 0 Å². The predicted octanol–water partition coefficient (Wildman–Crippen LogP) is 2.61. The van der Waals surface area contributed by atoms with Crippen LogP contribution in [0.4, 0.5) is 0 Å². The molecule has 2 nitrogen and oxygen atoms in total. The van der Waals surface area contributed by atoms with Crippen LogP contribution in [0.2, 0.25) is 0 Å². The molecule has 0 aliphatic rings. The second-order valence-corrected chi connectivity index (χ2v) is 4.63. The van der Waals surface area contributed by atoms with Gasteiger partial charge in [0.2, 0.25) is 11.6 Å². The number of ketones is 2. The molecule has 1 unspecified atom stereocenters. The van der Waals surface area contributed by atoms with Crippen LogP contribution in [-0.4, -0.2) is 11.6 Å². The van der Waals surface area contributed by atoms with Crippen LogP contribution in [0.1, 0.15) is 47.5 Å². The predicted molar refractivity (Wildman–Crippen MR) is 53.5 cm³/mol. The van der Waals surface area contributed by atoms with Crippen molar-refractivity contribution in [2.45, 2.75) is 47.5 Å². The van der Waals surface area contributed by atoms with E-state index in [0.29, 0.717) is 0 Å². The van der Waals surface area contributed by atoms with E-state index in [9.17, 15) is 9.59 Å². The van der Waals surface area contributed by atoms with Gasteiger partial charge in [0.05, 0.1) is 0 Å². The Morgan fingerprint density at radius 2 is 1.64 bits per heavy atom. The van der Waals surface area contributed by atoms with Gasteiger partial charge in [0.15, 0.2) is 0 Å².